The van der Waals surface area contributed by atoms with E-state index in [0.29, 0.717) is 12.1 Å². The molecule has 1 N–H and O–H groups in total. The number of rotatable bonds is 1. The Balaban J connectivity index is 2.87. The van der Waals surface area contributed by atoms with Crippen LogP contribution < -0.4 is 5.32 Å². The van der Waals surface area contributed by atoms with Crippen molar-refractivity contribution in [2.24, 2.45) is 10.9 Å². The highest BCUT2D eigenvalue weighted by molar-refractivity contribution is 7.80. The average molecular weight is 180 g/mol. The second kappa shape index (κ2) is 3.46. The Morgan fingerprint density at radius 2 is 2.50 bits per heavy atom. The number of carbonyl (C=O) groups is 1. The van der Waals surface area contributed by atoms with Crippen LogP contribution >= 0.6 is 12.2 Å². The van der Waals surface area contributed by atoms with E-state index in [2.05, 4.69) is 16.2 Å². The molecule has 0 aliphatic carbocycles. The third-order valence-electron chi connectivity index (χ3n) is 1.65. The molecule has 0 aromatic carbocycles. The van der Waals surface area contributed by atoms with Crippen molar-refractivity contribution in [1.82, 2.24) is 5.32 Å². The quantitative estimate of drug-likeness (QED) is 0.471. The topological polar surface area (TPSA) is 41.5 Å². The second-order valence-electron chi connectivity index (χ2n) is 2.51. The third-order valence-corrected chi connectivity index (χ3v) is 1.84. The number of thiocarbonyl (C=S) groups is 1. The van der Waals surface area contributed by atoms with Crippen LogP contribution in [0, 0.1) is 18.3 Å². The number of amides is 1. The molecule has 62 valence electrons. The first-order chi connectivity index (χ1) is 5.65. The second-order valence-corrected chi connectivity index (χ2v) is 2.90. The van der Waals surface area contributed by atoms with E-state index in [9.17, 15) is 4.79 Å². The Bertz CT molecular complexity index is 301. The smallest absolute Gasteiger partial charge is 0.235 e. The lowest BCUT2D eigenvalue weighted by Gasteiger charge is -2.18. The summed E-state index contributed by atoms with van der Waals surface area (Å²) in [4.78, 5) is 15.2. The Hall–Kier alpha value is -1.21. The van der Waals surface area contributed by atoms with Gasteiger partial charge in [0.15, 0.2) is 5.11 Å². The summed E-state index contributed by atoms with van der Waals surface area (Å²) in [7, 11) is 0. The number of hydrogen-bond acceptors (Lipinski definition) is 2. The summed E-state index contributed by atoms with van der Waals surface area (Å²) in [5, 5.41) is 2.68. The lowest BCUT2D eigenvalue weighted by molar-refractivity contribution is -0.121. The molecule has 3 nitrogen and oxygen atoms in total. The molecule has 4 heteroatoms. The van der Waals surface area contributed by atoms with Crippen molar-refractivity contribution in [1.29, 1.82) is 0 Å². The molecule has 0 aromatic heterocycles. The van der Waals surface area contributed by atoms with Crippen molar-refractivity contribution < 1.29 is 4.79 Å². The van der Waals surface area contributed by atoms with Crippen LogP contribution in [0.4, 0.5) is 0 Å². The Morgan fingerprint density at radius 1 is 1.83 bits per heavy atom. The fourth-order valence-corrected chi connectivity index (χ4v) is 1.25. The lowest BCUT2D eigenvalue weighted by Crippen LogP contribution is -2.41. The van der Waals surface area contributed by atoms with Gasteiger partial charge in [0.25, 0.3) is 0 Å². The molecular formula is C8H8N2OS. The molecule has 0 bridgehead atoms. The largest absolute Gasteiger partial charge is 0.301 e. The molecule has 0 fully saturated rings. The van der Waals surface area contributed by atoms with Gasteiger partial charge in [-0.3, -0.25) is 4.79 Å². The minimum absolute atomic E-state index is 0.148. The SMILES string of the molecule is C#CCC1C(=O)NC(=S)N=C1C. The molecule has 1 rings (SSSR count). The van der Waals surface area contributed by atoms with E-state index in [4.69, 9.17) is 18.6 Å². The fraction of sp³-hybridized carbons (Fsp3) is 0.375. The highest BCUT2D eigenvalue weighted by Crippen LogP contribution is 2.09. The molecule has 0 saturated heterocycles. The lowest BCUT2D eigenvalue weighted by atomic mass is 9.99. The predicted octanol–water partition coefficient (Wildman–Crippen LogP) is 0.501. The number of nitrogens with zero attached hydrogens (tertiary/aromatic N) is 1. The molecule has 1 amide bonds. The van der Waals surface area contributed by atoms with Crippen LogP contribution in [0.5, 0.6) is 0 Å². The van der Waals surface area contributed by atoms with Crippen LogP contribution in [-0.4, -0.2) is 16.7 Å². The first-order valence-corrected chi connectivity index (χ1v) is 3.89. The fourth-order valence-electron chi connectivity index (χ4n) is 1.01. The number of carbonyl (C=O) groups excluding carboxylic acids is 1. The van der Waals surface area contributed by atoms with Crippen LogP contribution in [0.2, 0.25) is 0 Å². The molecule has 0 radical (unpaired) electrons. The van der Waals surface area contributed by atoms with Crippen molar-refractivity contribution in [3.63, 3.8) is 0 Å². The van der Waals surface area contributed by atoms with Gasteiger partial charge in [0.05, 0.1) is 5.92 Å². The Kier molecular flexibility index (Phi) is 2.56. The van der Waals surface area contributed by atoms with Gasteiger partial charge < -0.3 is 5.32 Å². The minimum atomic E-state index is -0.304. The van der Waals surface area contributed by atoms with Crippen molar-refractivity contribution in [3.05, 3.63) is 0 Å². The Labute approximate surface area is 76.3 Å². The molecule has 1 heterocycles. The zero-order valence-electron chi connectivity index (χ0n) is 6.63. The van der Waals surface area contributed by atoms with Gasteiger partial charge in [0.2, 0.25) is 5.91 Å². The maximum Gasteiger partial charge on any atom is 0.235 e. The molecule has 1 aliphatic rings. The first-order valence-electron chi connectivity index (χ1n) is 3.48. The summed E-state index contributed by atoms with van der Waals surface area (Å²) in [6.07, 6.45) is 5.48. The first kappa shape index (κ1) is 8.88. The molecule has 0 saturated carbocycles. The monoisotopic (exact) mass is 180 g/mol. The van der Waals surface area contributed by atoms with E-state index in [1.807, 2.05) is 0 Å². The van der Waals surface area contributed by atoms with Gasteiger partial charge in [-0.1, -0.05) is 0 Å². The molecule has 12 heavy (non-hydrogen) atoms. The van der Waals surface area contributed by atoms with Crippen molar-refractivity contribution >= 4 is 28.9 Å². The van der Waals surface area contributed by atoms with E-state index in [-0.39, 0.29) is 16.9 Å². The standard InChI is InChI=1S/C8H8N2OS/c1-3-4-6-5(2)9-8(12)10-7(6)11/h1,6H,4H2,2H3,(H,10,11,12). The van der Waals surface area contributed by atoms with E-state index >= 15 is 0 Å². The Morgan fingerprint density at radius 3 is 3.00 bits per heavy atom. The van der Waals surface area contributed by atoms with Crippen LogP contribution in [0.15, 0.2) is 4.99 Å². The van der Waals surface area contributed by atoms with E-state index in [1.54, 1.807) is 6.92 Å². The summed E-state index contributed by atoms with van der Waals surface area (Å²) in [6.45, 7) is 1.76. The molecule has 1 unspecified atom stereocenters. The molecule has 0 aromatic rings. The van der Waals surface area contributed by atoms with E-state index in [0.717, 1.165) is 0 Å². The highest BCUT2D eigenvalue weighted by Gasteiger charge is 2.25. The van der Waals surface area contributed by atoms with Crippen LogP contribution in [0.1, 0.15) is 13.3 Å². The van der Waals surface area contributed by atoms with Gasteiger partial charge in [-0.2, -0.15) is 0 Å². The normalized spacial score (nSPS) is 22.7. The summed E-state index contributed by atoms with van der Waals surface area (Å²) in [5.41, 5.74) is 0.696. The van der Waals surface area contributed by atoms with Gasteiger partial charge in [0, 0.05) is 12.1 Å². The van der Waals surface area contributed by atoms with Crippen LogP contribution in [0.3, 0.4) is 0 Å². The van der Waals surface area contributed by atoms with Crippen molar-refractivity contribution in [2.45, 2.75) is 13.3 Å². The summed E-state index contributed by atoms with van der Waals surface area (Å²) >= 11 is 4.73. The van der Waals surface area contributed by atoms with Gasteiger partial charge in [-0.05, 0) is 19.1 Å². The van der Waals surface area contributed by atoms with Gasteiger partial charge in [0.1, 0.15) is 0 Å². The molecule has 1 atom stereocenters. The van der Waals surface area contributed by atoms with Gasteiger partial charge >= 0.3 is 0 Å². The summed E-state index contributed by atoms with van der Waals surface area (Å²) in [6, 6.07) is 0. The molecular weight excluding hydrogens is 172 g/mol. The molecule has 0 spiro atoms. The van der Waals surface area contributed by atoms with E-state index in [1.165, 1.54) is 0 Å². The van der Waals surface area contributed by atoms with Crippen molar-refractivity contribution in [3.8, 4) is 12.3 Å². The third kappa shape index (κ3) is 1.69. The summed E-state index contributed by atoms with van der Waals surface area (Å²) in [5.74, 6) is 1.98. The highest BCUT2D eigenvalue weighted by atomic mass is 32.1. The van der Waals surface area contributed by atoms with Gasteiger partial charge in [-0.25, -0.2) is 4.99 Å². The van der Waals surface area contributed by atoms with Gasteiger partial charge in [-0.15, -0.1) is 12.3 Å². The number of aliphatic imine (C=N–C) groups is 1. The minimum Gasteiger partial charge on any atom is -0.301 e. The van der Waals surface area contributed by atoms with Crippen LogP contribution in [-0.2, 0) is 4.79 Å². The molecule has 1 aliphatic heterocycles. The van der Waals surface area contributed by atoms with Crippen molar-refractivity contribution in [2.75, 3.05) is 0 Å². The predicted molar refractivity (Wildman–Crippen MR) is 50.8 cm³/mol. The zero-order chi connectivity index (χ0) is 9.14. The summed E-state index contributed by atoms with van der Waals surface area (Å²) < 4.78 is 0. The zero-order valence-corrected chi connectivity index (χ0v) is 7.44. The maximum absolute atomic E-state index is 11.2. The van der Waals surface area contributed by atoms with E-state index < -0.39 is 0 Å². The number of nitrogens with one attached hydrogen (secondary N) is 1. The average Bonchev–Trinajstić information content (AvgIpc) is 1.96. The maximum atomic E-state index is 11.2. The number of hydrogen-bond donors (Lipinski definition) is 1. The number of terminal acetylenes is 1. The van der Waals surface area contributed by atoms with Crippen LogP contribution in [0.25, 0.3) is 0 Å².